The lowest BCUT2D eigenvalue weighted by Gasteiger charge is -2.37. The molecule has 0 spiro atoms. The van der Waals surface area contributed by atoms with E-state index in [1.54, 1.807) is 11.3 Å². The van der Waals surface area contributed by atoms with E-state index in [9.17, 15) is 0 Å². The maximum atomic E-state index is 6.51. The van der Waals surface area contributed by atoms with Gasteiger partial charge in [-0.25, -0.2) is 4.98 Å². The molecule has 0 aliphatic carbocycles. The first-order valence-corrected chi connectivity index (χ1v) is 11.9. The topological polar surface area (TPSA) is 66.6 Å². The highest BCUT2D eigenvalue weighted by molar-refractivity contribution is 7.11. The number of nitrogens with two attached hydrogens (primary N) is 1. The van der Waals surface area contributed by atoms with Gasteiger partial charge in [0.25, 0.3) is 0 Å². The summed E-state index contributed by atoms with van der Waals surface area (Å²) in [5.41, 5.74) is 6.07. The quantitative estimate of drug-likeness (QED) is 0.784. The Hall–Kier alpha value is -0.313. The second-order valence-corrected chi connectivity index (χ2v) is 13.8. The van der Waals surface area contributed by atoms with Crippen LogP contribution in [0.15, 0.2) is 6.20 Å². The molecule has 1 aliphatic heterocycles. The summed E-state index contributed by atoms with van der Waals surface area (Å²) in [6.07, 6.45) is 2.29. The van der Waals surface area contributed by atoms with E-state index in [-0.39, 0.29) is 11.3 Å². The van der Waals surface area contributed by atoms with Crippen LogP contribution in [0.25, 0.3) is 0 Å². The zero-order valence-corrected chi connectivity index (χ0v) is 17.0. The van der Waals surface area contributed by atoms with E-state index in [1.165, 1.54) is 0 Å². The van der Waals surface area contributed by atoms with Crippen LogP contribution in [-0.4, -0.2) is 33.1 Å². The van der Waals surface area contributed by atoms with Gasteiger partial charge in [-0.15, -0.1) is 11.3 Å². The summed E-state index contributed by atoms with van der Waals surface area (Å²) in [6, 6.07) is 0. The molecule has 0 aromatic carbocycles. The molecule has 2 N–H and O–H groups in total. The molecule has 23 heavy (non-hydrogen) atoms. The Labute approximate surface area is 144 Å². The van der Waals surface area contributed by atoms with E-state index >= 15 is 0 Å². The van der Waals surface area contributed by atoms with Crippen molar-refractivity contribution in [3.63, 3.8) is 0 Å². The van der Waals surface area contributed by atoms with Gasteiger partial charge in [0, 0.05) is 17.7 Å². The lowest BCUT2D eigenvalue weighted by atomic mass is 9.99. The predicted molar refractivity (Wildman–Crippen MR) is 96.1 cm³/mol. The van der Waals surface area contributed by atoms with Gasteiger partial charge in [-0.05, 0) is 31.5 Å². The number of rotatable bonds is 6. The van der Waals surface area contributed by atoms with E-state index in [4.69, 9.17) is 19.6 Å². The lowest BCUT2D eigenvalue weighted by molar-refractivity contribution is -0.0442. The molecule has 2 heterocycles. The maximum Gasteiger partial charge on any atom is 0.211 e. The highest BCUT2D eigenvalue weighted by Crippen LogP contribution is 2.37. The van der Waals surface area contributed by atoms with Crippen LogP contribution in [-0.2, 0) is 19.4 Å². The van der Waals surface area contributed by atoms with Gasteiger partial charge in [0.1, 0.15) is 5.01 Å². The molecule has 0 bridgehead atoms. The Morgan fingerprint density at radius 3 is 2.48 bits per heavy atom. The third kappa shape index (κ3) is 4.61. The van der Waals surface area contributed by atoms with Crippen molar-refractivity contribution in [2.45, 2.75) is 64.1 Å². The van der Waals surface area contributed by atoms with E-state index in [1.807, 2.05) is 13.1 Å². The fourth-order valence-electron chi connectivity index (χ4n) is 2.02. The summed E-state index contributed by atoms with van der Waals surface area (Å²) in [5.74, 6) is 0. The molecule has 0 amide bonds. The SMILES string of the molecule is CC(C)(C)[Si](C)(C)OCC[C@](C)(N)c1cnc(C2OCCO2)s1. The first-order valence-electron chi connectivity index (χ1n) is 8.15. The average molecular weight is 359 g/mol. The number of nitrogens with zero attached hydrogens (tertiary/aromatic N) is 1. The zero-order valence-electron chi connectivity index (χ0n) is 15.1. The third-order valence-electron chi connectivity index (χ3n) is 4.80. The fraction of sp³-hybridized carbons (Fsp3) is 0.812. The molecular formula is C16H30N2O3SSi. The summed E-state index contributed by atoms with van der Waals surface area (Å²) in [4.78, 5) is 5.46. The highest BCUT2D eigenvalue weighted by Gasteiger charge is 2.37. The van der Waals surface area contributed by atoms with Gasteiger partial charge in [0.05, 0.1) is 18.8 Å². The van der Waals surface area contributed by atoms with Crippen LogP contribution < -0.4 is 5.73 Å². The van der Waals surface area contributed by atoms with Crippen molar-refractivity contribution in [3.8, 4) is 0 Å². The molecule has 1 aromatic rings. The average Bonchev–Trinajstić information content (AvgIpc) is 3.08. The summed E-state index contributed by atoms with van der Waals surface area (Å²) in [7, 11) is -1.73. The minimum absolute atomic E-state index is 0.215. The van der Waals surface area contributed by atoms with Gasteiger partial charge < -0.3 is 19.6 Å². The van der Waals surface area contributed by atoms with Crippen molar-refractivity contribution in [1.82, 2.24) is 4.98 Å². The van der Waals surface area contributed by atoms with Crippen molar-refractivity contribution in [1.29, 1.82) is 0 Å². The summed E-state index contributed by atoms with van der Waals surface area (Å²) in [5, 5.41) is 1.06. The third-order valence-corrected chi connectivity index (χ3v) is 10.6. The second kappa shape index (κ2) is 6.90. The predicted octanol–water partition coefficient (Wildman–Crippen LogP) is 3.77. The van der Waals surface area contributed by atoms with Crippen LogP contribution in [0, 0.1) is 0 Å². The molecule has 1 saturated heterocycles. The largest absolute Gasteiger partial charge is 0.417 e. The van der Waals surface area contributed by atoms with E-state index in [0.717, 1.165) is 16.3 Å². The van der Waals surface area contributed by atoms with E-state index in [2.05, 4.69) is 38.8 Å². The molecule has 0 unspecified atom stereocenters. The number of aromatic nitrogens is 1. The maximum absolute atomic E-state index is 6.51. The molecule has 1 atom stereocenters. The van der Waals surface area contributed by atoms with Gasteiger partial charge >= 0.3 is 0 Å². The molecule has 7 heteroatoms. The molecule has 2 rings (SSSR count). The minimum atomic E-state index is -1.73. The van der Waals surface area contributed by atoms with Crippen LogP contribution in [0.3, 0.4) is 0 Å². The number of hydrogen-bond acceptors (Lipinski definition) is 6. The van der Waals surface area contributed by atoms with Crippen molar-refractivity contribution in [2.75, 3.05) is 19.8 Å². The molecule has 0 saturated carbocycles. The Bertz CT molecular complexity index is 520. The fourth-order valence-corrected chi connectivity index (χ4v) is 4.07. The van der Waals surface area contributed by atoms with Crippen LogP contribution >= 0.6 is 11.3 Å². The molecule has 1 aliphatic rings. The van der Waals surface area contributed by atoms with Crippen molar-refractivity contribution < 1.29 is 13.9 Å². The summed E-state index contributed by atoms with van der Waals surface area (Å²) in [6.45, 7) is 15.2. The molecular weight excluding hydrogens is 328 g/mol. The number of thiazole rings is 1. The second-order valence-electron chi connectivity index (χ2n) is 7.91. The Balaban J connectivity index is 1.94. The van der Waals surface area contributed by atoms with E-state index < -0.39 is 13.9 Å². The van der Waals surface area contributed by atoms with Gasteiger partial charge in [-0.1, -0.05) is 20.8 Å². The smallest absolute Gasteiger partial charge is 0.211 e. The van der Waals surface area contributed by atoms with Crippen LogP contribution in [0.5, 0.6) is 0 Å². The monoisotopic (exact) mass is 358 g/mol. The first kappa shape index (κ1) is 19.0. The van der Waals surface area contributed by atoms with Crippen LogP contribution in [0.4, 0.5) is 0 Å². The lowest BCUT2D eigenvalue weighted by Crippen LogP contribution is -2.42. The van der Waals surface area contributed by atoms with Crippen LogP contribution in [0.1, 0.15) is 50.3 Å². The van der Waals surface area contributed by atoms with Gasteiger partial charge in [0.2, 0.25) is 6.29 Å². The molecule has 5 nitrogen and oxygen atoms in total. The normalized spacial score (nSPS) is 20.0. The van der Waals surface area contributed by atoms with Gasteiger partial charge in [-0.3, -0.25) is 0 Å². The zero-order chi connectivity index (χ0) is 17.3. The van der Waals surface area contributed by atoms with Gasteiger partial charge in [0.15, 0.2) is 8.32 Å². The molecule has 0 radical (unpaired) electrons. The number of ether oxygens (including phenoxy) is 2. The molecule has 1 fully saturated rings. The Kier molecular flexibility index (Phi) is 5.70. The standard InChI is InChI=1S/C16H30N2O3SSi/c1-15(2,3)23(5,6)21-8-7-16(4,17)12-11-18-13(22-12)14-19-9-10-20-14/h11,14H,7-10,17H2,1-6H3/t16-/m0/s1. The van der Waals surface area contributed by atoms with Gasteiger partial charge in [-0.2, -0.15) is 0 Å². The van der Waals surface area contributed by atoms with Crippen molar-refractivity contribution in [3.05, 3.63) is 16.1 Å². The summed E-state index contributed by atoms with van der Waals surface area (Å²) >= 11 is 1.57. The summed E-state index contributed by atoms with van der Waals surface area (Å²) < 4.78 is 17.2. The van der Waals surface area contributed by atoms with Crippen LogP contribution in [0.2, 0.25) is 18.1 Å². The van der Waals surface area contributed by atoms with Crippen molar-refractivity contribution >= 4 is 19.7 Å². The molecule has 1 aromatic heterocycles. The number of hydrogen-bond donors (Lipinski definition) is 1. The Morgan fingerprint density at radius 2 is 1.91 bits per heavy atom. The molecule has 132 valence electrons. The minimum Gasteiger partial charge on any atom is -0.417 e. The van der Waals surface area contributed by atoms with E-state index in [0.29, 0.717) is 19.8 Å². The highest BCUT2D eigenvalue weighted by atomic mass is 32.1. The van der Waals surface area contributed by atoms with Crippen molar-refractivity contribution in [2.24, 2.45) is 5.73 Å². The Morgan fingerprint density at radius 1 is 1.30 bits per heavy atom. The first-order chi connectivity index (χ1) is 10.5.